The van der Waals surface area contributed by atoms with Crippen LogP contribution in [0.2, 0.25) is 0 Å². The van der Waals surface area contributed by atoms with E-state index in [2.05, 4.69) is 5.10 Å². The van der Waals surface area contributed by atoms with Crippen molar-refractivity contribution in [1.82, 2.24) is 14.7 Å². The van der Waals surface area contributed by atoms with Crippen LogP contribution < -0.4 is 5.73 Å². The first-order chi connectivity index (χ1) is 8.35. The van der Waals surface area contributed by atoms with Crippen LogP contribution in [0.4, 0.5) is 5.69 Å². The van der Waals surface area contributed by atoms with Crippen LogP contribution in [0.5, 0.6) is 0 Å². The molecule has 3 N–H and O–H groups in total. The molecule has 6 heteroatoms. The third-order valence-corrected chi connectivity index (χ3v) is 3.44. The van der Waals surface area contributed by atoms with Gasteiger partial charge in [0, 0.05) is 20.1 Å². The molecule has 100 valence electrons. The van der Waals surface area contributed by atoms with Crippen LogP contribution in [0.15, 0.2) is 0 Å². The Morgan fingerprint density at radius 2 is 2.28 bits per heavy atom. The molecule has 2 heterocycles. The Kier molecular flexibility index (Phi) is 3.06. The molecule has 0 spiro atoms. The number of β-amino-alcohol motifs (C(OH)–C–C–N with tert-alkyl or cyclic N) is 1. The quantitative estimate of drug-likeness (QED) is 0.785. The monoisotopic (exact) mass is 252 g/mol. The lowest BCUT2D eigenvalue weighted by molar-refractivity contribution is 0.0566. The molecule has 0 saturated carbocycles. The summed E-state index contributed by atoms with van der Waals surface area (Å²) >= 11 is 0. The van der Waals surface area contributed by atoms with Crippen molar-refractivity contribution < 1.29 is 9.90 Å². The second kappa shape index (κ2) is 4.28. The summed E-state index contributed by atoms with van der Waals surface area (Å²) in [6, 6.07) is 0. The minimum Gasteiger partial charge on any atom is -0.395 e. The maximum Gasteiger partial charge on any atom is 0.274 e. The molecular weight excluding hydrogens is 232 g/mol. The van der Waals surface area contributed by atoms with E-state index < -0.39 is 5.60 Å². The van der Waals surface area contributed by atoms with Crippen LogP contribution in [-0.4, -0.2) is 44.4 Å². The molecule has 6 nitrogen and oxygen atoms in total. The van der Waals surface area contributed by atoms with Gasteiger partial charge in [-0.25, -0.2) is 0 Å². The lowest BCUT2D eigenvalue weighted by atomic mass is 10.1. The summed E-state index contributed by atoms with van der Waals surface area (Å²) in [5.74, 6) is -0.153. The van der Waals surface area contributed by atoms with E-state index in [9.17, 15) is 9.90 Å². The minimum atomic E-state index is -0.795. The zero-order valence-electron chi connectivity index (χ0n) is 11.1. The van der Waals surface area contributed by atoms with Crippen molar-refractivity contribution in [2.75, 3.05) is 18.8 Å². The molecule has 1 amide bonds. The molecule has 0 radical (unpaired) electrons. The third kappa shape index (κ3) is 2.08. The number of likely N-dealkylation sites (tertiary alicyclic amines) is 1. The number of amides is 1. The first kappa shape index (κ1) is 12.9. The smallest absolute Gasteiger partial charge is 0.274 e. The minimum absolute atomic E-state index is 0.153. The standard InChI is InChI=1S/C12H20N4O2/c1-4-8-9(13)10(15(3)14-8)11(17)16-6-5-12(2,18)7-16/h18H,4-7,13H2,1-3H3. The van der Waals surface area contributed by atoms with Crippen molar-refractivity contribution >= 4 is 11.6 Å². The predicted molar refractivity (Wildman–Crippen MR) is 68.1 cm³/mol. The van der Waals surface area contributed by atoms with Gasteiger partial charge in [0.05, 0.1) is 17.0 Å². The number of aryl methyl sites for hydroxylation is 2. The number of anilines is 1. The molecule has 0 aromatic carbocycles. The second-order valence-corrected chi connectivity index (χ2v) is 5.16. The number of aliphatic hydroxyl groups is 1. The zero-order chi connectivity index (χ0) is 13.5. The first-order valence-electron chi connectivity index (χ1n) is 6.18. The van der Waals surface area contributed by atoms with Crippen molar-refractivity contribution in [3.05, 3.63) is 11.4 Å². The van der Waals surface area contributed by atoms with Crippen LogP contribution in [-0.2, 0) is 13.5 Å². The lowest BCUT2D eigenvalue weighted by Crippen LogP contribution is -2.35. The van der Waals surface area contributed by atoms with E-state index in [-0.39, 0.29) is 5.91 Å². The van der Waals surface area contributed by atoms with E-state index in [1.807, 2.05) is 6.92 Å². The number of nitrogens with two attached hydrogens (primary N) is 1. The predicted octanol–water partition coefficient (Wildman–Crippen LogP) is 0.162. The maximum atomic E-state index is 12.4. The number of carbonyl (C=O) groups excluding carboxylic acids is 1. The Hall–Kier alpha value is -1.56. The van der Waals surface area contributed by atoms with Gasteiger partial charge in [-0.15, -0.1) is 0 Å². The third-order valence-electron chi connectivity index (χ3n) is 3.44. The molecule has 2 rings (SSSR count). The van der Waals surface area contributed by atoms with Gasteiger partial charge in [-0.1, -0.05) is 6.92 Å². The highest BCUT2D eigenvalue weighted by atomic mass is 16.3. The summed E-state index contributed by atoms with van der Waals surface area (Å²) < 4.78 is 1.53. The maximum absolute atomic E-state index is 12.4. The van der Waals surface area contributed by atoms with Crippen LogP contribution >= 0.6 is 0 Å². The van der Waals surface area contributed by atoms with Crippen molar-refractivity contribution in [3.63, 3.8) is 0 Å². The SMILES string of the molecule is CCc1nn(C)c(C(=O)N2CCC(C)(O)C2)c1N. The van der Waals surface area contributed by atoms with Gasteiger partial charge < -0.3 is 15.7 Å². The van der Waals surface area contributed by atoms with Crippen LogP contribution in [0, 0.1) is 0 Å². The first-order valence-corrected chi connectivity index (χ1v) is 6.18. The average molecular weight is 252 g/mol. The highest BCUT2D eigenvalue weighted by Gasteiger charge is 2.36. The van der Waals surface area contributed by atoms with Crippen molar-refractivity contribution in [2.45, 2.75) is 32.3 Å². The van der Waals surface area contributed by atoms with Gasteiger partial charge in [0.25, 0.3) is 5.91 Å². The Morgan fingerprint density at radius 1 is 1.61 bits per heavy atom. The molecule has 1 aliphatic rings. The summed E-state index contributed by atoms with van der Waals surface area (Å²) in [5, 5.41) is 14.1. The van der Waals surface area contributed by atoms with Gasteiger partial charge in [-0.2, -0.15) is 5.10 Å². The molecule has 1 fully saturated rings. The van der Waals surface area contributed by atoms with E-state index in [1.165, 1.54) is 4.68 Å². The zero-order valence-corrected chi connectivity index (χ0v) is 11.1. The Bertz CT molecular complexity index is 479. The fourth-order valence-corrected chi connectivity index (χ4v) is 2.38. The largest absolute Gasteiger partial charge is 0.395 e. The lowest BCUT2D eigenvalue weighted by Gasteiger charge is -2.19. The molecule has 1 unspecified atom stereocenters. The fourth-order valence-electron chi connectivity index (χ4n) is 2.38. The molecule has 1 aromatic heterocycles. The Balaban J connectivity index is 2.27. The van der Waals surface area contributed by atoms with E-state index in [0.717, 1.165) is 5.69 Å². The summed E-state index contributed by atoms with van der Waals surface area (Å²) in [7, 11) is 1.72. The molecule has 0 aliphatic carbocycles. The highest BCUT2D eigenvalue weighted by molar-refractivity contribution is 5.98. The normalized spacial score (nSPS) is 23.7. The van der Waals surface area contributed by atoms with Gasteiger partial charge in [0.1, 0.15) is 5.69 Å². The summed E-state index contributed by atoms with van der Waals surface area (Å²) in [5.41, 5.74) is 6.78. The van der Waals surface area contributed by atoms with E-state index >= 15 is 0 Å². The van der Waals surface area contributed by atoms with E-state index in [1.54, 1.807) is 18.9 Å². The highest BCUT2D eigenvalue weighted by Crippen LogP contribution is 2.25. The summed E-state index contributed by atoms with van der Waals surface area (Å²) in [4.78, 5) is 14.0. The van der Waals surface area contributed by atoms with Gasteiger partial charge in [0.2, 0.25) is 0 Å². The molecule has 0 bridgehead atoms. The van der Waals surface area contributed by atoms with Crippen molar-refractivity contribution in [1.29, 1.82) is 0 Å². The Morgan fingerprint density at radius 3 is 2.72 bits per heavy atom. The second-order valence-electron chi connectivity index (χ2n) is 5.16. The van der Waals surface area contributed by atoms with Crippen LogP contribution in [0.25, 0.3) is 0 Å². The molecular formula is C12H20N4O2. The molecule has 1 atom stereocenters. The Labute approximate surface area is 106 Å². The topological polar surface area (TPSA) is 84.4 Å². The number of nitrogens with zero attached hydrogens (tertiary/aromatic N) is 3. The van der Waals surface area contributed by atoms with Crippen molar-refractivity contribution in [2.24, 2.45) is 7.05 Å². The van der Waals surface area contributed by atoms with Crippen LogP contribution in [0.1, 0.15) is 36.5 Å². The van der Waals surface area contributed by atoms with Crippen LogP contribution in [0.3, 0.4) is 0 Å². The van der Waals surface area contributed by atoms with Gasteiger partial charge in [0.15, 0.2) is 0 Å². The average Bonchev–Trinajstić information content (AvgIpc) is 2.78. The molecule has 18 heavy (non-hydrogen) atoms. The van der Waals surface area contributed by atoms with E-state index in [4.69, 9.17) is 5.73 Å². The van der Waals surface area contributed by atoms with E-state index in [0.29, 0.717) is 37.3 Å². The number of rotatable bonds is 2. The van der Waals surface area contributed by atoms with Gasteiger partial charge >= 0.3 is 0 Å². The fraction of sp³-hybridized carbons (Fsp3) is 0.667. The van der Waals surface area contributed by atoms with Gasteiger partial charge in [-0.3, -0.25) is 9.48 Å². The number of carbonyl (C=O) groups is 1. The number of aromatic nitrogens is 2. The summed E-state index contributed by atoms with van der Waals surface area (Å²) in [6.45, 7) is 4.59. The van der Waals surface area contributed by atoms with Crippen molar-refractivity contribution in [3.8, 4) is 0 Å². The number of hydrogen-bond acceptors (Lipinski definition) is 4. The number of hydrogen-bond donors (Lipinski definition) is 2. The molecule has 1 aromatic rings. The number of nitrogen functional groups attached to an aromatic ring is 1. The summed E-state index contributed by atoms with van der Waals surface area (Å²) in [6.07, 6.45) is 1.29. The molecule has 1 saturated heterocycles. The van der Waals surface area contributed by atoms with Gasteiger partial charge in [-0.05, 0) is 19.8 Å². The molecule has 1 aliphatic heterocycles.